The average Bonchev–Trinajstić information content (AvgIpc) is 2.27. The summed E-state index contributed by atoms with van der Waals surface area (Å²) < 4.78 is 36.8. The van der Waals surface area contributed by atoms with Crippen LogP contribution >= 0.6 is 0 Å². The first-order valence-electron chi connectivity index (χ1n) is 4.98. The van der Waals surface area contributed by atoms with Crippen LogP contribution in [-0.4, -0.2) is 28.6 Å². The zero-order valence-corrected chi connectivity index (χ0v) is 9.34. The van der Waals surface area contributed by atoms with Crippen LogP contribution < -0.4 is 10.9 Å². The summed E-state index contributed by atoms with van der Waals surface area (Å²) in [6, 6.07) is 0.806. The minimum atomic E-state index is -4.67. The Bertz CT molecular complexity index is 496. The Morgan fingerprint density at radius 1 is 1.50 bits per heavy atom. The number of carbonyl (C=O) groups is 1. The van der Waals surface area contributed by atoms with E-state index in [-0.39, 0.29) is 6.61 Å². The zero-order valence-electron chi connectivity index (χ0n) is 9.34. The molecule has 0 spiro atoms. The highest BCUT2D eigenvalue weighted by Gasteiger charge is 2.32. The molecule has 18 heavy (non-hydrogen) atoms. The number of aromatic amines is 1. The third-order valence-electron chi connectivity index (χ3n) is 2.11. The summed E-state index contributed by atoms with van der Waals surface area (Å²) in [6.45, 7) is 1.14. The van der Waals surface area contributed by atoms with Gasteiger partial charge in [-0.25, -0.2) is 0 Å². The normalized spacial score (nSPS) is 13.2. The van der Waals surface area contributed by atoms with Crippen molar-refractivity contribution in [2.24, 2.45) is 0 Å². The summed E-state index contributed by atoms with van der Waals surface area (Å²) >= 11 is 0. The molecule has 0 fully saturated rings. The number of H-pyrrole nitrogens is 1. The molecule has 0 saturated carbocycles. The van der Waals surface area contributed by atoms with Gasteiger partial charge in [0, 0.05) is 6.04 Å². The molecule has 1 amide bonds. The van der Waals surface area contributed by atoms with Gasteiger partial charge >= 0.3 is 6.18 Å². The Kier molecular flexibility index (Phi) is 4.12. The molecule has 0 unspecified atom stereocenters. The number of nitrogens with one attached hydrogen (secondary N) is 2. The molecule has 0 aromatic carbocycles. The topological polar surface area (TPSA) is 82.2 Å². The first-order chi connectivity index (χ1) is 8.25. The van der Waals surface area contributed by atoms with Gasteiger partial charge in [0.2, 0.25) is 0 Å². The van der Waals surface area contributed by atoms with E-state index >= 15 is 0 Å². The van der Waals surface area contributed by atoms with Crippen molar-refractivity contribution >= 4 is 5.91 Å². The van der Waals surface area contributed by atoms with Gasteiger partial charge in [-0.3, -0.25) is 9.59 Å². The fraction of sp³-hybridized carbons (Fsp3) is 0.400. The number of aliphatic hydroxyl groups excluding tert-OH is 1. The molecular formula is C10H11F3N2O3. The second kappa shape index (κ2) is 5.21. The van der Waals surface area contributed by atoms with Crippen molar-refractivity contribution < 1.29 is 23.1 Å². The molecule has 5 nitrogen and oxygen atoms in total. The predicted octanol–water partition coefficient (Wildman–Crippen LogP) is 0.504. The standard InChI is InChI=1S/C10H11F3N2O3/c1-5(4-16)14-8(17)6-2-3-7(10(11,12)13)15-9(6)18/h2-3,5,16H,4H2,1H3,(H,14,17)(H,15,18)/t5-/m1/s1. The lowest BCUT2D eigenvalue weighted by Crippen LogP contribution is -2.38. The Hall–Kier alpha value is -1.83. The van der Waals surface area contributed by atoms with E-state index in [0.29, 0.717) is 6.07 Å². The van der Waals surface area contributed by atoms with Gasteiger partial charge < -0.3 is 15.4 Å². The summed E-state index contributed by atoms with van der Waals surface area (Å²) in [5.74, 6) is -0.841. The highest BCUT2D eigenvalue weighted by molar-refractivity contribution is 5.93. The molecule has 0 radical (unpaired) electrons. The molecule has 0 bridgehead atoms. The molecule has 1 aromatic heterocycles. The van der Waals surface area contributed by atoms with Crippen LogP contribution in [0.5, 0.6) is 0 Å². The maximum atomic E-state index is 12.3. The molecule has 0 saturated heterocycles. The number of carbonyl (C=O) groups excluding carboxylic acids is 1. The molecule has 100 valence electrons. The summed E-state index contributed by atoms with van der Waals surface area (Å²) in [5, 5.41) is 11.0. The monoisotopic (exact) mass is 264 g/mol. The summed E-state index contributed by atoms with van der Waals surface area (Å²) in [4.78, 5) is 24.4. The molecule has 0 aliphatic carbocycles. The van der Waals surface area contributed by atoms with Crippen molar-refractivity contribution in [1.82, 2.24) is 10.3 Å². The number of hydrogen-bond acceptors (Lipinski definition) is 3. The van der Waals surface area contributed by atoms with Gasteiger partial charge in [-0.15, -0.1) is 0 Å². The molecule has 3 N–H and O–H groups in total. The minimum Gasteiger partial charge on any atom is -0.394 e. The minimum absolute atomic E-state index is 0.343. The lowest BCUT2D eigenvalue weighted by Gasteiger charge is -2.11. The first kappa shape index (κ1) is 14.2. The lowest BCUT2D eigenvalue weighted by atomic mass is 10.2. The number of aliphatic hydroxyl groups is 1. The van der Waals surface area contributed by atoms with Crippen LogP contribution in [0, 0.1) is 0 Å². The number of pyridine rings is 1. The largest absolute Gasteiger partial charge is 0.431 e. The second-order valence-electron chi connectivity index (χ2n) is 3.67. The van der Waals surface area contributed by atoms with Crippen molar-refractivity contribution in [2.75, 3.05) is 6.61 Å². The third kappa shape index (κ3) is 3.33. The van der Waals surface area contributed by atoms with Crippen molar-refractivity contribution in [3.8, 4) is 0 Å². The van der Waals surface area contributed by atoms with Gasteiger partial charge in [0.05, 0.1) is 6.61 Å². The van der Waals surface area contributed by atoms with E-state index in [1.54, 1.807) is 4.98 Å². The molecule has 0 aliphatic rings. The SMILES string of the molecule is C[C@H](CO)NC(=O)c1ccc(C(F)(F)F)[nH]c1=O. The van der Waals surface area contributed by atoms with Crippen LogP contribution in [0.3, 0.4) is 0 Å². The van der Waals surface area contributed by atoms with E-state index in [0.717, 1.165) is 6.07 Å². The number of aromatic nitrogens is 1. The number of hydrogen-bond donors (Lipinski definition) is 3. The van der Waals surface area contributed by atoms with Crippen molar-refractivity contribution in [3.63, 3.8) is 0 Å². The Morgan fingerprint density at radius 2 is 2.11 bits per heavy atom. The Labute approximate surface area is 99.6 Å². The number of amides is 1. The number of halogens is 3. The fourth-order valence-electron chi connectivity index (χ4n) is 1.17. The van der Waals surface area contributed by atoms with Gasteiger partial charge in [-0.2, -0.15) is 13.2 Å². The number of alkyl halides is 3. The van der Waals surface area contributed by atoms with Crippen LogP contribution in [0.1, 0.15) is 23.0 Å². The third-order valence-corrected chi connectivity index (χ3v) is 2.11. The average molecular weight is 264 g/mol. The van der Waals surface area contributed by atoms with Gasteiger partial charge in [-0.1, -0.05) is 0 Å². The molecule has 1 aromatic rings. The van der Waals surface area contributed by atoms with E-state index in [9.17, 15) is 22.8 Å². The van der Waals surface area contributed by atoms with Crippen LogP contribution in [0.4, 0.5) is 13.2 Å². The van der Waals surface area contributed by atoms with Crippen molar-refractivity contribution in [2.45, 2.75) is 19.1 Å². The Morgan fingerprint density at radius 3 is 2.56 bits per heavy atom. The molecule has 0 aliphatic heterocycles. The van der Waals surface area contributed by atoms with Crippen molar-refractivity contribution in [3.05, 3.63) is 33.7 Å². The molecule has 1 rings (SSSR count). The maximum absolute atomic E-state index is 12.3. The van der Waals surface area contributed by atoms with Crippen LogP contribution in [-0.2, 0) is 6.18 Å². The van der Waals surface area contributed by atoms with E-state index in [2.05, 4.69) is 5.32 Å². The van der Waals surface area contributed by atoms with E-state index < -0.39 is 34.9 Å². The predicted molar refractivity (Wildman–Crippen MR) is 56.1 cm³/mol. The molecule has 1 heterocycles. The van der Waals surface area contributed by atoms with Gasteiger partial charge in [0.25, 0.3) is 11.5 Å². The summed E-state index contributed by atoms with van der Waals surface area (Å²) in [6.07, 6.45) is -4.67. The maximum Gasteiger partial charge on any atom is 0.431 e. The lowest BCUT2D eigenvalue weighted by molar-refractivity contribution is -0.141. The van der Waals surface area contributed by atoms with Gasteiger partial charge in [-0.05, 0) is 19.1 Å². The quantitative estimate of drug-likeness (QED) is 0.743. The van der Waals surface area contributed by atoms with Crippen LogP contribution in [0.25, 0.3) is 0 Å². The molecule has 8 heteroatoms. The van der Waals surface area contributed by atoms with E-state index in [4.69, 9.17) is 5.11 Å². The smallest absolute Gasteiger partial charge is 0.394 e. The highest BCUT2D eigenvalue weighted by atomic mass is 19.4. The highest BCUT2D eigenvalue weighted by Crippen LogP contribution is 2.26. The summed E-state index contributed by atoms with van der Waals surface area (Å²) in [7, 11) is 0. The molecular weight excluding hydrogens is 253 g/mol. The molecule has 1 atom stereocenters. The van der Waals surface area contributed by atoms with Crippen LogP contribution in [0.2, 0.25) is 0 Å². The number of rotatable bonds is 3. The van der Waals surface area contributed by atoms with Gasteiger partial charge in [0.15, 0.2) is 0 Å². The summed E-state index contributed by atoms with van der Waals surface area (Å²) in [5.41, 5.74) is -2.80. The second-order valence-corrected chi connectivity index (χ2v) is 3.67. The van der Waals surface area contributed by atoms with Crippen LogP contribution in [0.15, 0.2) is 16.9 Å². The van der Waals surface area contributed by atoms with Crippen molar-refractivity contribution in [1.29, 1.82) is 0 Å². The zero-order chi connectivity index (χ0) is 13.9. The van der Waals surface area contributed by atoms with E-state index in [1.807, 2.05) is 0 Å². The Balaban J connectivity index is 3.00. The first-order valence-corrected chi connectivity index (χ1v) is 4.98. The fourth-order valence-corrected chi connectivity index (χ4v) is 1.17. The van der Waals surface area contributed by atoms with E-state index in [1.165, 1.54) is 6.92 Å². The van der Waals surface area contributed by atoms with Gasteiger partial charge in [0.1, 0.15) is 11.3 Å².